The van der Waals surface area contributed by atoms with Gasteiger partial charge >= 0.3 is 5.97 Å². The average molecular weight is 350 g/mol. The molecule has 0 aliphatic heterocycles. The van der Waals surface area contributed by atoms with E-state index in [1.165, 1.54) is 14.2 Å². The molecule has 0 radical (unpaired) electrons. The van der Waals surface area contributed by atoms with Gasteiger partial charge in [0.25, 0.3) is 0 Å². The van der Waals surface area contributed by atoms with Crippen LogP contribution in [0.3, 0.4) is 0 Å². The number of hydrogen-bond donors (Lipinski definition) is 0. The minimum atomic E-state index is -1.45. The van der Waals surface area contributed by atoms with Crippen molar-refractivity contribution in [1.29, 1.82) is 0 Å². The molecule has 2 aliphatic carbocycles. The van der Waals surface area contributed by atoms with Crippen molar-refractivity contribution < 1.29 is 28.6 Å². The Kier molecular flexibility index (Phi) is 6.30. The van der Waals surface area contributed by atoms with Gasteiger partial charge < -0.3 is 19.0 Å². The topological polar surface area (TPSA) is 78.9 Å². The second kappa shape index (κ2) is 8.06. The lowest BCUT2D eigenvalue weighted by Gasteiger charge is -2.51. The van der Waals surface area contributed by atoms with Crippen LogP contribution in [0.5, 0.6) is 0 Å². The van der Waals surface area contributed by atoms with Crippen molar-refractivity contribution in [3.05, 3.63) is 24.3 Å². The van der Waals surface area contributed by atoms with Gasteiger partial charge in [-0.1, -0.05) is 11.6 Å². The fourth-order valence-corrected chi connectivity index (χ4v) is 4.63. The van der Waals surface area contributed by atoms with Crippen molar-refractivity contribution in [1.82, 2.24) is 0 Å². The number of ketones is 1. The van der Waals surface area contributed by atoms with Crippen molar-refractivity contribution in [2.75, 3.05) is 21.0 Å². The van der Waals surface area contributed by atoms with Crippen molar-refractivity contribution in [3.8, 4) is 0 Å². The van der Waals surface area contributed by atoms with Crippen LogP contribution in [-0.4, -0.2) is 45.2 Å². The molecule has 138 valence electrons. The van der Waals surface area contributed by atoms with Gasteiger partial charge in [-0.15, -0.1) is 6.58 Å². The second-order valence-electron chi connectivity index (χ2n) is 6.55. The number of esters is 1. The van der Waals surface area contributed by atoms with E-state index in [2.05, 4.69) is 6.58 Å². The number of carbonyl (C=O) groups excluding carboxylic acids is 3. The molecule has 0 aromatic heterocycles. The molecular weight excluding hydrogens is 324 g/mol. The average Bonchev–Trinajstić information content (AvgIpc) is 2.87. The molecule has 1 saturated carbocycles. The first-order valence-electron chi connectivity index (χ1n) is 8.54. The molecule has 1 fully saturated rings. The number of aldehydes is 1. The molecule has 0 unspecified atom stereocenters. The predicted octanol–water partition coefficient (Wildman–Crippen LogP) is 2.37. The summed E-state index contributed by atoms with van der Waals surface area (Å²) in [7, 11) is 2.80. The molecule has 6 heteroatoms. The van der Waals surface area contributed by atoms with Crippen LogP contribution in [0.1, 0.15) is 38.5 Å². The summed E-state index contributed by atoms with van der Waals surface area (Å²) in [6, 6.07) is 0. The van der Waals surface area contributed by atoms with E-state index < -0.39 is 16.8 Å². The van der Waals surface area contributed by atoms with Crippen LogP contribution >= 0.6 is 0 Å². The fourth-order valence-electron chi connectivity index (χ4n) is 4.63. The Hall–Kier alpha value is -1.79. The van der Waals surface area contributed by atoms with Crippen LogP contribution in [0.15, 0.2) is 24.3 Å². The van der Waals surface area contributed by atoms with Gasteiger partial charge in [-0.05, 0) is 38.2 Å². The quantitative estimate of drug-likeness (QED) is 0.209. The van der Waals surface area contributed by atoms with Crippen molar-refractivity contribution in [2.45, 2.75) is 44.6 Å². The van der Waals surface area contributed by atoms with Crippen LogP contribution in [-0.2, 0) is 28.6 Å². The smallest absolute Gasteiger partial charge is 0.320 e. The van der Waals surface area contributed by atoms with Gasteiger partial charge in [0.15, 0.2) is 5.78 Å². The van der Waals surface area contributed by atoms with Crippen molar-refractivity contribution in [2.24, 2.45) is 10.8 Å². The molecule has 3 atom stereocenters. The molecular formula is C19H26O6. The van der Waals surface area contributed by atoms with E-state index in [-0.39, 0.29) is 31.5 Å². The first-order valence-corrected chi connectivity index (χ1v) is 8.54. The van der Waals surface area contributed by atoms with E-state index in [4.69, 9.17) is 14.2 Å². The number of methoxy groups -OCH3 is 2. The summed E-state index contributed by atoms with van der Waals surface area (Å²) in [6.45, 7) is 3.90. The first-order chi connectivity index (χ1) is 12.0. The van der Waals surface area contributed by atoms with Gasteiger partial charge in [0.05, 0.1) is 13.2 Å². The zero-order valence-corrected chi connectivity index (χ0v) is 14.9. The van der Waals surface area contributed by atoms with Crippen LogP contribution < -0.4 is 0 Å². The minimum Gasteiger partial charge on any atom is -0.468 e. The van der Waals surface area contributed by atoms with Gasteiger partial charge in [-0.25, -0.2) is 0 Å². The third-order valence-corrected chi connectivity index (χ3v) is 5.55. The maximum Gasteiger partial charge on any atom is 0.320 e. The highest BCUT2D eigenvalue weighted by Crippen LogP contribution is 2.63. The molecule has 0 N–H and O–H groups in total. The normalized spacial score (nSPS) is 31.2. The van der Waals surface area contributed by atoms with Crippen LogP contribution in [0.4, 0.5) is 0 Å². The number of carbonyl (C=O) groups is 3. The Bertz CT molecular complexity index is 580. The van der Waals surface area contributed by atoms with Crippen LogP contribution in [0.2, 0.25) is 0 Å². The maximum atomic E-state index is 13.1. The lowest BCUT2D eigenvalue weighted by Crippen LogP contribution is -2.58. The largest absolute Gasteiger partial charge is 0.468 e. The molecule has 0 amide bonds. The molecule has 0 aromatic rings. The van der Waals surface area contributed by atoms with Crippen molar-refractivity contribution in [3.63, 3.8) is 0 Å². The van der Waals surface area contributed by atoms with E-state index in [1.54, 1.807) is 12.2 Å². The highest BCUT2D eigenvalue weighted by Gasteiger charge is 2.69. The Balaban J connectivity index is 2.64. The summed E-state index contributed by atoms with van der Waals surface area (Å²) in [5.41, 5.74) is -1.44. The van der Waals surface area contributed by atoms with Gasteiger partial charge in [0, 0.05) is 18.9 Å². The summed E-state index contributed by atoms with van der Waals surface area (Å²) in [6.07, 6.45) is 6.47. The third kappa shape index (κ3) is 2.87. The van der Waals surface area contributed by atoms with Gasteiger partial charge in [-0.3, -0.25) is 9.59 Å². The molecule has 0 spiro atoms. The second-order valence-corrected chi connectivity index (χ2v) is 6.55. The van der Waals surface area contributed by atoms with E-state index in [0.717, 1.165) is 18.3 Å². The van der Waals surface area contributed by atoms with Gasteiger partial charge in [-0.2, -0.15) is 0 Å². The molecule has 0 aromatic carbocycles. The monoisotopic (exact) mass is 350 g/mol. The van der Waals surface area contributed by atoms with Crippen LogP contribution in [0.25, 0.3) is 0 Å². The molecule has 6 nitrogen and oxygen atoms in total. The number of rotatable bonds is 9. The summed E-state index contributed by atoms with van der Waals surface area (Å²) in [5, 5.41) is 0. The highest BCUT2D eigenvalue weighted by atomic mass is 16.7. The van der Waals surface area contributed by atoms with Crippen molar-refractivity contribution >= 4 is 18.0 Å². The molecule has 0 bridgehead atoms. The van der Waals surface area contributed by atoms with Gasteiger partial charge in [0.1, 0.15) is 18.5 Å². The number of ether oxygens (including phenoxy) is 3. The zero-order valence-electron chi connectivity index (χ0n) is 14.9. The summed E-state index contributed by atoms with van der Waals surface area (Å²) >= 11 is 0. The SMILES string of the molecule is C=CC[C@]12C(=CC(=O)[C@]1(CCC=O)C(=O)OC)CCC[C@H]2OCOC. The first kappa shape index (κ1) is 19.5. The Labute approximate surface area is 148 Å². The zero-order chi connectivity index (χ0) is 18.5. The maximum absolute atomic E-state index is 13.1. The lowest BCUT2D eigenvalue weighted by molar-refractivity contribution is -0.184. The van der Waals surface area contributed by atoms with Crippen LogP contribution in [0, 0.1) is 10.8 Å². The number of fused-ring (bicyclic) bond motifs is 1. The molecule has 2 rings (SSSR count). The Morgan fingerprint density at radius 3 is 2.80 bits per heavy atom. The predicted molar refractivity (Wildman–Crippen MR) is 90.7 cm³/mol. The third-order valence-electron chi connectivity index (χ3n) is 5.55. The Morgan fingerprint density at radius 2 is 2.20 bits per heavy atom. The minimum absolute atomic E-state index is 0.0654. The number of hydrogen-bond acceptors (Lipinski definition) is 6. The lowest BCUT2D eigenvalue weighted by atomic mass is 9.53. The molecule has 2 aliphatic rings. The van der Waals surface area contributed by atoms with Gasteiger partial charge in [0.2, 0.25) is 0 Å². The molecule has 0 saturated heterocycles. The molecule has 0 heterocycles. The number of allylic oxidation sites excluding steroid dienone is 2. The van der Waals surface area contributed by atoms with E-state index in [0.29, 0.717) is 19.3 Å². The molecule has 25 heavy (non-hydrogen) atoms. The Morgan fingerprint density at radius 1 is 1.44 bits per heavy atom. The van der Waals surface area contributed by atoms with E-state index in [9.17, 15) is 14.4 Å². The summed E-state index contributed by atoms with van der Waals surface area (Å²) in [5.74, 6) is -0.911. The fraction of sp³-hybridized carbons (Fsp3) is 0.632. The van der Waals surface area contributed by atoms with E-state index >= 15 is 0 Å². The summed E-state index contributed by atoms with van der Waals surface area (Å²) < 4.78 is 16.0. The highest BCUT2D eigenvalue weighted by molar-refractivity contribution is 6.13. The standard InChI is InChI=1S/C19H26O6/c1-4-9-18-14(7-5-8-16(18)25-13-23-2)12-15(21)19(18,10-6-11-20)17(22)24-3/h4,11-12,16H,1,5-10,13H2,2-3H3/t16-,18-,19-/m1/s1. The summed E-state index contributed by atoms with van der Waals surface area (Å²) in [4.78, 5) is 37.0. The van der Waals surface area contributed by atoms with E-state index in [1.807, 2.05) is 0 Å².